The Morgan fingerprint density at radius 2 is 2.13 bits per heavy atom. The van der Waals surface area contributed by atoms with Gasteiger partial charge >= 0.3 is 0 Å². The maximum Gasteiger partial charge on any atom is 0.260 e. The highest BCUT2D eigenvalue weighted by Gasteiger charge is 2.23. The molecule has 3 rings (SSSR count). The first-order chi connectivity index (χ1) is 11.2. The van der Waals surface area contributed by atoms with Crippen molar-refractivity contribution in [2.24, 2.45) is 5.92 Å². The van der Waals surface area contributed by atoms with Crippen LogP contribution >= 0.6 is 0 Å². The van der Waals surface area contributed by atoms with E-state index in [1.807, 2.05) is 53.0 Å². The van der Waals surface area contributed by atoms with Crippen molar-refractivity contribution in [2.45, 2.75) is 26.3 Å². The standard InChI is InChI=1S/C18H23N3O2/c1-15-4-2-5-17(12-15)23-14-18(22)20-10-6-16(7-11-20)13-21-9-3-8-19-21/h2-5,8-9,12,16H,6-7,10-11,13-14H2,1H3. The Kier molecular flexibility index (Phi) is 4.95. The van der Waals surface area contributed by atoms with Crippen LogP contribution in [-0.4, -0.2) is 40.3 Å². The number of carbonyl (C=O) groups is 1. The van der Waals surface area contributed by atoms with Crippen molar-refractivity contribution >= 4 is 5.91 Å². The van der Waals surface area contributed by atoms with Crippen LogP contribution in [0.5, 0.6) is 5.75 Å². The second kappa shape index (κ2) is 7.31. The molecule has 0 saturated carbocycles. The van der Waals surface area contributed by atoms with Crippen molar-refractivity contribution in [3.63, 3.8) is 0 Å². The number of hydrogen-bond acceptors (Lipinski definition) is 3. The highest BCUT2D eigenvalue weighted by atomic mass is 16.5. The van der Waals surface area contributed by atoms with Gasteiger partial charge < -0.3 is 9.64 Å². The fourth-order valence-electron chi connectivity index (χ4n) is 2.98. The number of piperidine rings is 1. The van der Waals surface area contributed by atoms with Crippen LogP contribution in [-0.2, 0) is 11.3 Å². The molecule has 122 valence electrons. The number of nitrogens with zero attached hydrogens (tertiary/aromatic N) is 3. The van der Waals surface area contributed by atoms with E-state index in [0.29, 0.717) is 5.92 Å². The van der Waals surface area contributed by atoms with Crippen LogP contribution in [0.3, 0.4) is 0 Å². The van der Waals surface area contributed by atoms with E-state index in [1.165, 1.54) is 0 Å². The lowest BCUT2D eigenvalue weighted by Crippen LogP contribution is -2.41. The number of aryl methyl sites for hydroxylation is 1. The van der Waals surface area contributed by atoms with E-state index in [2.05, 4.69) is 5.10 Å². The summed E-state index contributed by atoms with van der Waals surface area (Å²) >= 11 is 0. The summed E-state index contributed by atoms with van der Waals surface area (Å²) < 4.78 is 7.58. The van der Waals surface area contributed by atoms with Crippen molar-refractivity contribution in [3.05, 3.63) is 48.3 Å². The number of likely N-dealkylation sites (tertiary alicyclic amines) is 1. The van der Waals surface area contributed by atoms with Crippen LogP contribution in [0.2, 0.25) is 0 Å². The minimum absolute atomic E-state index is 0.0732. The minimum atomic E-state index is 0.0732. The summed E-state index contributed by atoms with van der Waals surface area (Å²) in [7, 11) is 0. The largest absolute Gasteiger partial charge is 0.484 e. The van der Waals surface area contributed by atoms with E-state index in [4.69, 9.17) is 4.74 Å². The van der Waals surface area contributed by atoms with Gasteiger partial charge in [-0.25, -0.2) is 0 Å². The molecule has 0 bridgehead atoms. The third-order valence-electron chi connectivity index (χ3n) is 4.32. The molecule has 0 unspecified atom stereocenters. The quantitative estimate of drug-likeness (QED) is 0.852. The molecule has 23 heavy (non-hydrogen) atoms. The smallest absolute Gasteiger partial charge is 0.260 e. The first-order valence-corrected chi connectivity index (χ1v) is 8.15. The molecule has 0 N–H and O–H groups in total. The summed E-state index contributed by atoms with van der Waals surface area (Å²) in [6.07, 6.45) is 5.85. The number of benzene rings is 1. The Bertz CT molecular complexity index is 631. The van der Waals surface area contributed by atoms with E-state index in [1.54, 1.807) is 6.20 Å². The monoisotopic (exact) mass is 313 g/mol. The zero-order valence-corrected chi connectivity index (χ0v) is 13.5. The molecule has 0 atom stereocenters. The van der Waals surface area contributed by atoms with Crippen LogP contribution in [0, 0.1) is 12.8 Å². The van der Waals surface area contributed by atoms with Crippen LogP contribution in [0.15, 0.2) is 42.7 Å². The molecule has 0 aliphatic carbocycles. The molecule has 1 aliphatic rings. The lowest BCUT2D eigenvalue weighted by Gasteiger charge is -2.31. The SMILES string of the molecule is Cc1cccc(OCC(=O)N2CCC(Cn3cccn3)CC2)c1. The highest BCUT2D eigenvalue weighted by molar-refractivity contribution is 5.77. The molecule has 0 spiro atoms. The zero-order chi connectivity index (χ0) is 16.1. The number of carbonyl (C=O) groups excluding carboxylic acids is 1. The van der Waals surface area contributed by atoms with Gasteiger partial charge in [0.25, 0.3) is 5.91 Å². The maximum atomic E-state index is 12.3. The van der Waals surface area contributed by atoms with Crippen molar-refractivity contribution in [2.75, 3.05) is 19.7 Å². The summed E-state index contributed by atoms with van der Waals surface area (Å²) in [5.74, 6) is 1.42. The first-order valence-electron chi connectivity index (χ1n) is 8.15. The molecule has 5 heteroatoms. The van der Waals surface area contributed by atoms with E-state index in [-0.39, 0.29) is 12.5 Å². The first kappa shape index (κ1) is 15.6. The molecule has 5 nitrogen and oxygen atoms in total. The summed E-state index contributed by atoms with van der Waals surface area (Å²) in [4.78, 5) is 14.2. The average Bonchev–Trinajstić information content (AvgIpc) is 3.06. The van der Waals surface area contributed by atoms with Crippen LogP contribution in [0.1, 0.15) is 18.4 Å². The Morgan fingerprint density at radius 1 is 1.30 bits per heavy atom. The number of amides is 1. The van der Waals surface area contributed by atoms with Gasteiger partial charge in [-0.3, -0.25) is 9.48 Å². The Balaban J connectivity index is 1.43. The molecule has 0 radical (unpaired) electrons. The molecule has 1 aliphatic heterocycles. The second-order valence-corrected chi connectivity index (χ2v) is 6.16. The molecule has 1 amide bonds. The third kappa shape index (κ3) is 4.34. The summed E-state index contributed by atoms with van der Waals surface area (Å²) in [6, 6.07) is 9.73. The van der Waals surface area contributed by atoms with E-state index < -0.39 is 0 Å². The zero-order valence-electron chi connectivity index (χ0n) is 13.5. The molecule has 1 aromatic carbocycles. The summed E-state index contributed by atoms with van der Waals surface area (Å²) in [6.45, 7) is 4.69. The second-order valence-electron chi connectivity index (χ2n) is 6.16. The van der Waals surface area contributed by atoms with Gasteiger partial charge in [0, 0.05) is 32.0 Å². The van der Waals surface area contributed by atoms with Gasteiger partial charge in [0.15, 0.2) is 6.61 Å². The molecule has 1 aromatic heterocycles. The van der Waals surface area contributed by atoms with E-state index in [9.17, 15) is 4.79 Å². The predicted molar refractivity (Wildman–Crippen MR) is 88.2 cm³/mol. The Labute approximate surface area is 136 Å². The highest BCUT2D eigenvalue weighted by Crippen LogP contribution is 2.19. The Hall–Kier alpha value is -2.30. The number of aromatic nitrogens is 2. The van der Waals surface area contributed by atoms with Crippen molar-refractivity contribution in [1.29, 1.82) is 0 Å². The van der Waals surface area contributed by atoms with Crippen molar-refractivity contribution < 1.29 is 9.53 Å². The molecule has 2 aromatic rings. The van der Waals surface area contributed by atoms with Gasteiger partial charge in [-0.15, -0.1) is 0 Å². The fourth-order valence-corrected chi connectivity index (χ4v) is 2.98. The number of hydrogen-bond donors (Lipinski definition) is 0. The van der Waals surface area contributed by atoms with Gasteiger partial charge in [0.1, 0.15) is 5.75 Å². The average molecular weight is 313 g/mol. The summed E-state index contributed by atoms with van der Waals surface area (Å²) in [5.41, 5.74) is 1.13. The number of rotatable bonds is 5. The molecule has 2 heterocycles. The normalized spacial score (nSPS) is 15.6. The van der Waals surface area contributed by atoms with Gasteiger partial charge in [-0.2, -0.15) is 5.10 Å². The van der Waals surface area contributed by atoms with Gasteiger partial charge in [0.2, 0.25) is 0 Å². The van der Waals surface area contributed by atoms with Crippen LogP contribution in [0.25, 0.3) is 0 Å². The molecular weight excluding hydrogens is 290 g/mol. The number of ether oxygens (including phenoxy) is 1. The lowest BCUT2D eigenvalue weighted by molar-refractivity contribution is -0.134. The van der Waals surface area contributed by atoms with Crippen LogP contribution < -0.4 is 4.74 Å². The van der Waals surface area contributed by atoms with E-state index >= 15 is 0 Å². The fraction of sp³-hybridized carbons (Fsp3) is 0.444. The maximum absolute atomic E-state index is 12.3. The van der Waals surface area contributed by atoms with Gasteiger partial charge in [0.05, 0.1) is 0 Å². The summed E-state index contributed by atoms with van der Waals surface area (Å²) in [5, 5.41) is 4.25. The molecule has 1 saturated heterocycles. The van der Waals surface area contributed by atoms with Gasteiger partial charge in [-0.05, 0) is 49.4 Å². The predicted octanol–water partition coefficient (Wildman–Crippen LogP) is 2.51. The van der Waals surface area contributed by atoms with Crippen molar-refractivity contribution in [1.82, 2.24) is 14.7 Å². The van der Waals surface area contributed by atoms with Gasteiger partial charge in [-0.1, -0.05) is 12.1 Å². The van der Waals surface area contributed by atoms with Crippen LogP contribution in [0.4, 0.5) is 0 Å². The lowest BCUT2D eigenvalue weighted by atomic mass is 9.97. The minimum Gasteiger partial charge on any atom is -0.484 e. The molecule has 1 fully saturated rings. The third-order valence-corrected chi connectivity index (χ3v) is 4.32. The van der Waals surface area contributed by atoms with E-state index in [0.717, 1.165) is 43.8 Å². The topological polar surface area (TPSA) is 47.4 Å². The van der Waals surface area contributed by atoms with Crippen molar-refractivity contribution in [3.8, 4) is 5.75 Å². The molecular formula is C18H23N3O2. The Morgan fingerprint density at radius 3 is 2.83 bits per heavy atom.